The molecule has 1 heterocycles. The maximum Gasteiger partial charge on any atom is 0.404 e. The minimum absolute atomic E-state index is 0.516. The van der Waals surface area contributed by atoms with Gasteiger partial charge in [0.05, 0.1) is 0 Å². The summed E-state index contributed by atoms with van der Waals surface area (Å²) in [6, 6.07) is 0. The lowest BCUT2D eigenvalue weighted by molar-refractivity contribution is 0.176. The number of hydrogen-bond acceptors (Lipinski definition) is 3. The van der Waals surface area contributed by atoms with Gasteiger partial charge in [0.15, 0.2) is 0 Å². The Morgan fingerprint density at radius 2 is 2.14 bits per heavy atom. The molecule has 0 radical (unpaired) electrons. The van der Waals surface area contributed by atoms with E-state index in [1.54, 1.807) is 0 Å². The SMILES string of the molecule is NCC1CCN(CCNC(=O)O)CC1. The molecule has 1 saturated heterocycles. The molecule has 0 aromatic rings. The van der Waals surface area contributed by atoms with Crippen LogP contribution in [0.15, 0.2) is 0 Å². The van der Waals surface area contributed by atoms with Gasteiger partial charge >= 0.3 is 6.09 Å². The van der Waals surface area contributed by atoms with Crippen molar-refractivity contribution in [2.24, 2.45) is 11.7 Å². The molecule has 5 nitrogen and oxygen atoms in total. The van der Waals surface area contributed by atoms with E-state index in [2.05, 4.69) is 10.2 Å². The number of carbonyl (C=O) groups is 1. The standard InChI is InChI=1S/C9H19N3O2/c10-7-8-1-4-12(5-2-8)6-3-11-9(13)14/h8,11H,1-7,10H2,(H,13,14). The third kappa shape index (κ3) is 3.93. The first-order valence-corrected chi connectivity index (χ1v) is 5.11. The first-order chi connectivity index (χ1) is 6.72. The first kappa shape index (κ1) is 11.3. The van der Waals surface area contributed by atoms with Crippen molar-refractivity contribution in [3.63, 3.8) is 0 Å². The van der Waals surface area contributed by atoms with Gasteiger partial charge in [-0.25, -0.2) is 4.79 Å². The Kier molecular flexibility index (Phi) is 4.69. The van der Waals surface area contributed by atoms with Gasteiger partial charge in [0.25, 0.3) is 0 Å². The molecule has 1 aliphatic rings. The Bertz CT molecular complexity index is 179. The molecule has 1 amide bonds. The second-order valence-electron chi connectivity index (χ2n) is 3.75. The van der Waals surface area contributed by atoms with Gasteiger partial charge in [-0.1, -0.05) is 0 Å². The van der Waals surface area contributed by atoms with Gasteiger partial charge in [-0.05, 0) is 38.4 Å². The van der Waals surface area contributed by atoms with Gasteiger partial charge in [-0.3, -0.25) is 0 Å². The highest BCUT2D eigenvalue weighted by molar-refractivity contribution is 5.64. The monoisotopic (exact) mass is 201 g/mol. The summed E-state index contributed by atoms with van der Waals surface area (Å²) in [5, 5.41) is 10.7. The van der Waals surface area contributed by atoms with Gasteiger partial charge in [-0.2, -0.15) is 0 Å². The van der Waals surface area contributed by atoms with E-state index in [0.29, 0.717) is 12.5 Å². The van der Waals surface area contributed by atoms with E-state index in [1.807, 2.05) is 0 Å². The fourth-order valence-corrected chi connectivity index (χ4v) is 1.77. The molecule has 0 aliphatic carbocycles. The molecule has 0 aromatic carbocycles. The third-order valence-electron chi connectivity index (χ3n) is 2.74. The molecule has 0 aromatic heterocycles. The molecule has 5 heteroatoms. The minimum Gasteiger partial charge on any atom is -0.465 e. The number of piperidine rings is 1. The van der Waals surface area contributed by atoms with Crippen LogP contribution in [0.2, 0.25) is 0 Å². The van der Waals surface area contributed by atoms with Gasteiger partial charge in [0.1, 0.15) is 0 Å². The molecule has 0 unspecified atom stereocenters. The third-order valence-corrected chi connectivity index (χ3v) is 2.74. The maximum atomic E-state index is 10.2. The molecule has 14 heavy (non-hydrogen) atoms. The quantitative estimate of drug-likeness (QED) is 0.594. The van der Waals surface area contributed by atoms with Crippen LogP contribution in [0.3, 0.4) is 0 Å². The van der Waals surface area contributed by atoms with E-state index in [9.17, 15) is 4.79 Å². The van der Waals surface area contributed by atoms with Crippen molar-refractivity contribution in [3.8, 4) is 0 Å². The van der Waals surface area contributed by atoms with Crippen molar-refractivity contribution in [3.05, 3.63) is 0 Å². The van der Waals surface area contributed by atoms with E-state index >= 15 is 0 Å². The highest BCUT2D eigenvalue weighted by Crippen LogP contribution is 2.14. The molecule has 82 valence electrons. The fourth-order valence-electron chi connectivity index (χ4n) is 1.77. The summed E-state index contributed by atoms with van der Waals surface area (Å²) in [4.78, 5) is 12.5. The summed E-state index contributed by atoms with van der Waals surface area (Å²) in [7, 11) is 0. The van der Waals surface area contributed by atoms with Crippen LogP contribution in [0, 0.1) is 5.92 Å². The molecule has 0 bridgehead atoms. The number of nitrogens with zero attached hydrogens (tertiary/aromatic N) is 1. The van der Waals surface area contributed by atoms with Crippen LogP contribution in [0.25, 0.3) is 0 Å². The van der Waals surface area contributed by atoms with Crippen molar-refractivity contribution < 1.29 is 9.90 Å². The molecular weight excluding hydrogens is 182 g/mol. The summed E-state index contributed by atoms with van der Waals surface area (Å²) in [6.45, 7) is 4.19. The van der Waals surface area contributed by atoms with Crippen LogP contribution >= 0.6 is 0 Å². The molecule has 0 atom stereocenters. The second kappa shape index (κ2) is 5.82. The van der Waals surface area contributed by atoms with E-state index < -0.39 is 6.09 Å². The van der Waals surface area contributed by atoms with Crippen molar-refractivity contribution >= 4 is 6.09 Å². The Labute approximate surface area is 84.3 Å². The normalized spacial score (nSPS) is 19.5. The summed E-state index contributed by atoms with van der Waals surface area (Å²) in [6.07, 6.45) is 1.34. The van der Waals surface area contributed by atoms with Crippen LogP contribution in [-0.4, -0.2) is 48.8 Å². The van der Waals surface area contributed by atoms with Gasteiger partial charge < -0.3 is 21.1 Å². The molecule has 1 fully saturated rings. The highest BCUT2D eigenvalue weighted by atomic mass is 16.4. The highest BCUT2D eigenvalue weighted by Gasteiger charge is 2.17. The Hall–Kier alpha value is -0.810. The number of likely N-dealkylation sites (tertiary alicyclic amines) is 1. The number of hydrogen-bond donors (Lipinski definition) is 3. The molecule has 1 aliphatic heterocycles. The van der Waals surface area contributed by atoms with Gasteiger partial charge in [0, 0.05) is 13.1 Å². The molecule has 0 saturated carbocycles. The number of carboxylic acid groups (broad SMARTS) is 1. The zero-order valence-corrected chi connectivity index (χ0v) is 8.41. The lowest BCUT2D eigenvalue weighted by atomic mass is 9.97. The largest absolute Gasteiger partial charge is 0.465 e. The predicted molar refractivity (Wildman–Crippen MR) is 54.2 cm³/mol. The van der Waals surface area contributed by atoms with Crippen LogP contribution in [0.1, 0.15) is 12.8 Å². The number of rotatable bonds is 4. The second-order valence-corrected chi connectivity index (χ2v) is 3.75. The Morgan fingerprint density at radius 1 is 1.50 bits per heavy atom. The van der Waals surface area contributed by atoms with Crippen molar-refractivity contribution in [1.29, 1.82) is 0 Å². The van der Waals surface area contributed by atoms with Crippen LogP contribution < -0.4 is 11.1 Å². The van der Waals surface area contributed by atoms with Crippen LogP contribution in [0.5, 0.6) is 0 Å². The molecule has 1 rings (SSSR count). The maximum absolute atomic E-state index is 10.2. The van der Waals surface area contributed by atoms with Crippen molar-refractivity contribution in [2.75, 3.05) is 32.7 Å². The lowest BCUT2D eigenvalue weighted by Gasteiger charge is -2.31. The summed E-state index contributed by atoms with van der Waals surface area (Å²) in [5.41, 5.74) is 5.58. The first-order valence-electron chi connectivity index (χ1n) is 5.11. The van der Waals surface area contributed by atoms with Crippen molar-refractivity contribution in [2.45, 2.75) is 12.8 Å². The zero-order valence-electron chi connectivity index (χ0n) is 8.41. The number of nitrogens with one attached hydrogen (secondary N) is 1. The fraction of sp³-hybridized carbons (Fsp3) is 0.889. The number of nitrogens with two attached hydrogens (primary N) is 1. The zero-order chi connectivity index (χ0) is 10.4. The van der Waals surface area contributed by atoms with Gasteiger partial charge in [-0.15, -0.1) is 0 Å². The topological polar surface area (TPSA) is 78.6 Å². The van der Waals surface area contributed by atoms with E-state index in [4.69, 9.17) is 10.8 Å². The number of amides is 1. The Balaban J connectivity index is 2.07. The minimum atomic E-state index is -0.943. The lowest BCUT2D eigenvalue weighted by Crippen LogP contribution is -2.40. The average molecular weight is 201 g/mol. The van der Waals surface area contributed by atoms with Crippen LogP contribution in [-0.2, 0) is 0 Å². The summed E-state index contributed by atoms with van der Waals surface area (Å²) >= 11 is 0. The van der Waals surface area contributed by atoms with E-state index in [-0.39, 0.29) is 0 Å². The smallest absolute Gasteiger partial charge is 0.404 e. The molecular formula is C9H19N3O2. The van der Waals surface area contributed by atoms with Crippen molar-refractivity contribution in [1.82, 2.24) is 10.2 Å². The predicted octanol–water partition coefficient (Wildman–Crippen LogP) is -0.0753. The molecule has 0 spiro atoms. The van der Waals surface area contributed by atoms with Crippen LogP contribution in [0.4, 0.5) is 4.79 Å². The average Bonchev–Trinajstić information content (AvgIpc) is 2.18. The Morgan fingerprint density at radius 3 is 2.64 bits per heavy atom. The summed E-state index contributed by atoms with van der Waals surface area (Å²) < 4.78 is 0. The van der Waals surface area contributed by atoms with Gasteiger partial charge in [0.2, 0.25) is 0 Å². The van der Waals surface area contributed by atoms with E-state index in [0.717, 1.165) is 39.0 Å². The summed E-state index contributed by atoms with van der Waals surface area (Å²) in [5.74, 6) is 0.665. The molecule has 4 N–H and O–H groups in total. The van der Waals surface area contributed by atoms with E-state index in [1.165, 1.54) is 0 Å².